The lowest BCUT2D eigenvalue weighted by atomic mass is 9.48. The van der Waals surface area contributed by atoms with Crippen molar-refractivity contribution in [3.05, 3.63) is 34.9 Å². The summed E-state index contributed by atoms with van der Waals surface area (Å²) in [6.45, 7) is 3.06. The van der Waals surface area contributed by atoms with E-state index in [1.807, 2.05) is 24.3 Å². The van der Waals surface area contributed by atoms with E-state index in [4.69, 9.17) is 11.6 Å². The van der Waals surface area contributed by atoms with Gasteiger partial charge in [0.15, 0.2) is 0 Å². The smallest absolute Gasteiger partial charge is 0.318 e. The van der Waals surface area contributed by atoms with Crippen LogP contribution in [-0.4, -0.2) is 35.2 Å². The van der Waals surface area contributed by atoms with E-state index >= 15 is 0 Å². The number of amides is 2. The predicted octanol–water partition coefficient (Wildman–Crippen LogP) is 3.77. The number of hydrogen-bond donors (Lipinski definition) is 2. The molecule has 2 amide bonds. The molecular formula is C21H27ClN2O2. The number of aliphatic hydroxyl groups is 1. The topological polar surface area (TPSA) is 52.6 Å². The number of nitrogens with one attached hydrogen (secondary N) is 1. The van der Waals surface area contributed by atoms with Crippen molar-refractivity contribution in [1.29, 1.82) is 0 Å². The van der Waals surface area contributed by atoms with E-state index in [-0.39, 0.29) is 11.4 Å². The zero-order chi connectivity index (χ0) is 18.1. The average molecular weight is 375 g/mol. The van der Waals surface area contributed by atoms with E-state index < -0.39 is 5.54 Å². The van der Waals surface area contributed by atoms with Gasteiger partial charge in [0.05, 0.1) is 5.54 Å². The monoisotopic (exact) mass is 374 g/mol. The van der Waals surface area contributed by atoms with Crippen LogP contribution in [0.25, 0.3) is 0 Å². The Bertz CT molecular complexity index is 737. The van der Waals surface area contributed by atoms with Crippen molar-refractivity contribution in [1.82, 2.24) is 10.2 Å². The van der Waals surface area contributed by atoms with Crippen LogP contribution in [0, 0.1) is 23.2 Å². The van der Waals surface area contributed by atoms with Gasteiger partial charge in [-0.25, -0.2) is 4.79 Å². The lowest BCUT2D eigenvalue weighted by molar-refractivity contribution is -0.118. The van der Waals surface area contributed by atoms with Gasteiger partial charge >= 0.3 is 6.03 Å². The summed E-state index contributed by atoms with van der Waals surface area (Å²) < 4.78 is 0. The van der Waals surface area contributed by atoms with Crippen LogP contribution in [0.15, 0.2) is 24.3 Å². The highest BCUT2D eigenvalue weighted by Crippen LogP contribution is 2.61. The van der Waals surface area contributed by atoms with Crippen LogP contribution in [0.3, 0.4) is 0 Å². The predicted molar refractivity (Wildman–Crippen MR) is 101 cm³/mol. The minimum atomic E-state index is -0.446. The molecule has 4 bridgehead atoms. The third-order valence-electron chi connectivity index (χ3n) is 7.64. The molecule has 1 heterocycles. The fraction of sp³-hybridized carbons (Fsp3) is 0.667. The zero-order valence-corrected chi connectivity index (χ0v) is 16.0. The Morgan fingerprint density at radius 1 is 1.23 bits per heavy atom. The van der Waals surface area contributed by atoms with Crippen molar-refractivity contribution < 1.29 is 9.90 Å². The molecule has 1 aromatic rings. The van der Waals surface area contributed by atoms with E-state index in [1.165, 1.54) is 19.3 Å². The molecule has 0 spiro atoms. The highest BCUT2D eigenvalue weighted by atomic mass is 35.5. The number of benzene rings is 1. The summed E-state index contributed by atoms with van der Waals surface area (Å²) in [7, 11) is 0. The van der Waals surface area contributed by atoms with E-state index in [0.717, 1.165) is 24.3 Å². The summed E-state index contributed by atoms with van der Waals surface area (Å²) in [5, 5.41) is 13.9. The molecule has 3 atom stereocenters. The van der Waals surface area contributed by atoms with Crippen molar-refractivity contribution in [2.45, 2.75) is 50.6 Å². The van der Waals surface area contributed by atoms with E-state index in [2.05, 4.69) is 17.1 Å². The molecule has 3 unspecified atom stereocenters. The molecule has 4 aliphatic carbocycles. The quantitative estimate of drug-likeness (QED) is 0.846. The molecule has 0 aromatic heterocycles. The molecule has 5 fully saturated rings. The van der Waals surface area contributed by atoms with Gasteiger partial charge in [0, 0.05) is 24.2 Å². The number of hydrogen-bond acceptors (Lipinski definition) is 2. The number of urea groups is 1. The van der Waals surface area contributed by atoms with Gasteiger partial charge in [-0.1, -0.05) is 29.8 Å². The maximum absolute atomic E-state index is 13.0. The van der Waals surface area contributed by atoms with Gasteiger partial charge in [0.25, 0.3) is 0 Å². The summed E-state index contributed by atoms with van der Waals surface area (Å²) in [6.07, 6.45) is 5.78. The van der Waals surface area contributed by atoms with Crippen LogP contribution in [0.5, 0.6) is 0 Å². The molecular weight excluding hydrogens is 348 g/mol. The maximum Gasteiger partial charge on any atom is 0.318 e. The summed E-state index contributed by atoms with van der Waals surface area (Å²) in [5.74, 6) is 1.82. The van der Waals surface area contributed by atoms with Crippen molar-refractivity contribution in [2.75, 3.05) is 13.2 Å². The molecule has 5 heteroatoms. The van der Waals surface area contributed by atoms with Crippen LogP contribution in [0.4, 0.5) is 4.79 Å². The second kappa shape index (κ2) is 5.62. The van der Waals surface area contributed by atoms with Crippen LogP contribution in [0.1, 0.15) is 44.6 Å². The Kier molecular flexibility index (Phi) is 3.65. The minimum Gasteiger partial charge on any atom is -0.396 e. The lowest BCUT2D eigenvalue weighted by Gasteiger charge is -2.61. The first kappa shape index (κ1) is 16.9. The second-order valence-electron chi connectivity index (χ2n) is 9.49. The molecule has 140 valence electrons. The van der Waals surface area contributed by atoms with Crippen molar-refractivity contribution in [3.63, 3.8) is 0 Å². The number of rotatable bonds is 3. The Balaban J connectivity index is 1.44. The Morgan fingerprint density at radius 2 is 1.92 bits per heavy atom. The van der Waals surface area contributed by atoms with Crippen LogP contribution in [0.2, 0.25) is 5.02 Å². The Hall–Kier alpha value is -1.26. The molecule has 6 rings (SSSR count). The highest BCUT2D eigenvalue weighted by Gasteiger charge is 2.58. The van der Waals surface area contributed by atoms with Crippen molar-refractivity contribution in [3.8, 4) is 0 Å². The standard InChI is InChI=1S/C21H27ClN2O2/c1-20(16-4-2-3-5-17(16)22)11-24(19(26)23-20)18-14-6-13-7-15(18)10-21(8-13,9-14)12-25/h2-5,13-15,18,25H,6-12H2,1H3,(H,23,26). The van der Waals surface area contributed by atoms with Gasteiger partial charge in [-0.2, -0.15) is 0 Å². The van der Waals surface area contributed by atoms with Gasteiger partial charge < -0.3 is 15.3 Å². The lowest BCUT2D eigenvalue weighted by Crippen LogP contribution is -2.60. The Morgan fingerprint density at radius 3 is 2.58 bits per heavy atom. The number of halogens is 1. The second-order valence-corrected chi connectivity index (χ2v) is 9.90. The first-order valence-corrected chi connectivity index (χ1v) is 10.3. The molecule has 0 radical (unpaired) electrons. The van der Waals surface area contributed by atoms with Crippen LogP contribution >= 0.6 is 11.6 Å². The van der Waals surface area contributed by atoms with Gasteiger partial charge in [0.2, 0.25) is 0 Å². The first-order chi connectivity index (χ1) is 12.4. The third kappa shape index (κ3) is 2.34. The normalized spacial score (nSPS) is 43.8. The van der Waals surface area contributed by atoms with Gasteiger partial charge in [0.1, 0.15) is 0 Å². The summed E-state index contributed by atoms with van der Waals surface area (Å²) in [4.78, 5) is 15.1. The van der Waals surface area contributed by atoms with Gasteiger partial charge in [-0.05, 0) is 73.8 Å². The average Bonchev–Trinajstić information content (AvgIpc) is 2.90. The fourth-order valence-electron chi connectivity index (χ4n) is 6.93. The van der Waals surface area contributed by atoms with Crippen LogP contribution in [-0.2, 0) is 5.54 Å². The first-order valence-electron chi connectivity index (χ1n) is 9.88. The summed E-state index contributed by atoms with van der Waals surface area (Å²) in [5.41, 5.74) is 0.682. The van der Waals surface area contributed by atoms with Gasteiger partial charge in [-0.3, -0.25) is 0 Å². The van der Waals surface area contributed by atoms with E-state index in [9.17, 15) is 9.90 Å². The molecule has 5 aliphatic rings. The molecule has 1 aliphatic heterocycles. The SMILES string of the molecule is CC1(c2ccccc2Cl)CN(C2C3CC4CC2CC(CO)(C4)C3)C(=O)N1. The number of carbonyl (C=O) groups is 1. The summed E-state index contributed by atoms with van der Waals surface area (Å²) in [6, 6.07) is 8.18. The number of nitrogens with zero attached hydrogens (tertiary/aromatic N) is 1. The molecule has 1 saturated heterocycles. The molecule has 26 heavy (non-hydrogen) atoms. The zero-order valence-electron chi connectivity index (χ0n) is 15.2. The Labute approximate surface area is 159 Å². The molecule has 4 nitrogen and oxygen atoms in total. The van der Waals surface area contributed by atoms with Crippen LogP contribution < -0.4 is 5.32 Å². The molecule has 1 aromatic carbocycles. The van der Waals surface area contributed by atoms with E-state index in [1.54, 1.807) is 0 Å². The highest BCUT2D eigenvalue weighted by molar-refractivity contribution is 6.31. The van der Waals surface area contributed by atoms with Crippen molar-refractivity contribution in [2.24, 2.45) is 23.2 Å². The number of aliphatic hydroxyl groups excluding tert-OH is 1. The molecule has 4 saturated carbocycles. The minimum absolute atomic E-state index is 0.0444. The maximum atomic E-state index is 13.0. The number of carbonyl (C=O) groups excluding carboxylic acids is 1. The van der Waals surface area contributed by atoms with E-state index in [0.29, 0.717) is 36.1 Å². The van der Waals surface area contributed by atoms with Crippen molar-refractivity contribution >= 4 is 17.6 Å². The largest absolute Gasteiger partial charge is 0.396 e. The molecule has 2 N–H and O–H groups in total. The summed E-state index contributed by atoms with van der Waals surface area (Å²) >= 11 is 6.44. The fourth-order valence-corrected chi connectivity index (χ4v) is 7.27. The third-order valence-corrected chi connectivity index (χ3v) is 7.97. The van der Waals surface area contributed by atoms with Gasteiger partial charge in [-0.15, -0.1) is 0 Å².